The smallest absolute Gasteiger partial charge is 0.294 e. The van der Waals surface area contributed by atoms with E-state index in [1.807, 2.05) is 0 Å². The van der Waals surface area contributed by atoms with Gasteiger partial charge in [-0.25, -0.2) is 13.1 Å². The van der Waals surface area contributed by atoms with E-state index in [1.54, 1.807) is 0 Å². The largest absolute Gasteiger partial charge is 0.404 e. The Kier molecular flexibility index (Phi) is 4.13. The highest BCUT2D eigenvalue weighted by Crippen LogP contribution is 2.32. The summed E-state index contributed by atoms with van der Waals surface area (Å²) in [6.45, 7) is 0.105. The molecule has 0 unspecified atom stereocenters. The molecule has 2 fully saturated rings. The number of sulfonamides is 1. The molecule has 1 aliphatic heterocycles. The van der Waals surface area contributed by atoms with Crippen molar-refractivity contribution in [3.63, 3.8) is 0 Å². The molecule has 2 atom stereocenters. The molecule has 0 spiro atoms. The lowest BCUT2D eigenvalue weighted by Gasteiger charge is -2.38. The summed E-state index contributed by atoms with van der Waals surface area (Å²) in [5.41, 5.74) is 0. The number of hydrogen-bond donors (Lipinski definition) is 1. The van der Waals surface area contributed by atoms with Crippen LogP contribution in [-0.2, 0) is 10.0 Å². The molecule has 0 aromatic heterocycles. The molecule has 1 saturated heterocycles. The molecular weight excluding hydrogens is 281 g/mol. The molecule has 1 N–H and O–H groups in total. The van der Waals surface area contributed by atoms with Crippen LogP contribution in [0.25, 0.3) is 0 Å². The average Bonchev–Trinajstić information content (AvgIpc) is 2.97. The predicted octanol–water partition coefficient (Wildman–Crippen LogP) is 1.34. The summed E-state index contributed by atoms with van der Waals surface area (Å²) in [6.07, 6.45) is -2.20. The summed E-state index contributed by atoms with van der Waals surface area (Å²) in [5.74, 6) is 0.345. The van der Waals surface area contributed by atoms with Gasteiger partial charge in [0, 0.05) is 12.6 Å². The molecule has 0 aromatic rings. The van der Waals surface area contributed by atoms with E-state index < -0.39 is 28.3 Å². The van der Waals surface area contributed by atoms with Crippen molar-refractivity contribution in [3.8, 4) is 0 Å². The molecule has 112 valence electrons. The average molecular weight is 300 g/mol. The van der Waals surface area contributed by atoms with Crippen LogP contribution in [0, 0.1) is 5.92 Å². The zero-order valence-corrected chi connectivity index (χ0v) is 11.6. The molecule has 4 nitrogen and oxygen atoms in total. The molecule has 1 aliphatic carbocycles. The Morgan fingerprint density at radius 1 is 1.21 bits per heavy atom. The van der Waals surface area contributed by atoms with Gasteiger partial charge in [0.05, 0.1) is 5.75 Å². The van der Waals surface area contributed by atoms with Crippen LogP contribution < -0.4 is 4.72 Å². The fourth-order valence-corrected chi connectivity index (χ4v) is 4.30. The van der Waals surface area contributed by atoms with Gasteiger partial charge in [0.15, 0.2) is 0 Å². The second-order valence-electron chi connectivity index (χ2n) is 5.61. The summed E-state index contributed by atoms with van der Waals surface area (Å²) >= 11 is 0. The Morgan fingerprint density at radius 2 is 1.84 bits per heavy atom. The maximum absolute atomic E-state index is 12.7. The first-order chi connectivity index (χ1) is 8.67. The molecular formula is C11H19F3N2O2S. The van der Waals surface area contributed by atoms with Gasteiger partial charge >= 0.3 is 6.18 Å². The van der Waals surface area contributed by atoms with Crippen LogP contribution in [0.1, 0.15) is 25.7 Å². The number of rotatable bonds is 4. The summed E-state index contributed by atoms with van der Waals surface area (Å²) in [4.78, 5) is 1.19. The molecule has 0 aromatic carbocycles. The zero-order valence-electron chi connectivity index (χ0n) is 10.8. The third-order valence-corrected chi connectivity index (χ3v) is 5.31. The second-order valence-corrected chi connectivity index (χ2v) is 7.41. The lowest BCUT2D eigenvalue weighted by Crippen LogP contribution is -2.55. The quantitative estimate of drug-likeness (QED) is 0.852. The van der Waals surface area contributed by atoms with Crippen LogP contribution in [0.5, 0.6) is 0 Å². The Labute approximate surface area is 111 Å². The van der Waals surface area contributed by atoms with E-state index in [-0.39, 0.29) is 31.1 Å². The van der Waals surface area contributed by atoms with E-state index in [0.29, 0.717) is 0 Å². The van der Waals surface area contributed by atoms with Gasteiger partial charge in [0.25, 0.3) is 0 Å². The zero-order chi connectivity index (χ0) is 14.3. The van der Waals surface area contributed by atoms with E-state index in [9.17, 15) is 21.6 Å². The number of alkyl halides is 3. The lowest BCUT2D eigenvalue weighted by atomic mass is 9.99. The molecule has 19 heavy (non-hydrogen) atoms. The molecule has 1 heterocycles. The first-order valence-electron chi connectivity index (χ1n) is 6.44. The first-order valence-corrected chi connectivity index (χ1v) is 8.09. The van der Waals surface area contributed by atoms with Crippen molar-refractivity contribution in [1.29, 1.82) is 0 Å². The van der Waals surface area contributed by atoms with Crippen molar-refractivity contribution < 1.29 is 21.6 Å². The maximum atomic E-state index is 12.7. The minimum absolute atomic E-state index is 0.0589. The van der Waals surface area contributed by atoms with Crippen molar-refractivity contribution in [2.75, 3.05) is 19.3 Å². The summed E-state index contributed by atoms with van der Waals surface area (Å²) < 4.78 is 64.1. The van der Waals surface area contributed by atoms with Crippen LogP contribution in [0.3, 0.4) is 0 Å². The SMILES string of the molecule is CN1C[C@@H](NS(=O)(=O)CC2CC2)CC[C@@H]1C(F)(F)F. The van der Waals surface area contributed by atoms with Crippen LogP contribution in [0.4, 0.5) is 13.2 Å². The maximum Gasteiger partial charge on any atom is 0.404 e. The van der Waals surface area contributed by atoms with Gasteiger partial charge in [0.1, 0.15) is 6.04 Å². The third-order valence-electron chi connectivity index (χ3n) is 3.71. The monoisotopic (exact) mass is 300 g/mol. The fraction of sp³-hybridized carbons (Fsp3) is 1.00. The molecule has 0 radical (unpaired) electrons. The Morgan fingerprint density at radius 3 is 2.32 bits per heavy atom. The molecule has 0 amide bonds. The first kappa shape index (κ1) is 15.1. The summed E-state index contributed by atoms with van der Waals surface area (Å²) in [7, 11) is -1.96. The third kappa shape index (κ3) is 4.32. The number of likely N-dealkylation sites (tertiary alicyclic amines) is 1. The van der Waals surface area contributed by atoms with Gasteiger partial charge in [-0.1, -0.05) is 0 Å². The predicted molar refractivity (Wildman–Crippen MR) is 65.1 cm³/mol. The van der Waals surface area contributed by atoms with Crippen LogP contribution in [0.2, 0.25) is 0 Å². The van der Waals surface area contributed by atoms with E-state index in [1.165, 1.54) is 11.9 Å². The highest BCUT2D eigenvalue weighted by molar-refractivity contribution is 7.89. The molecule has 2 aliphatic rings. The van der Waals surface area contributed by atoms with Gasteiger partial charge in [-0.05, 0) is 38.6 Å². The van der Waals surface area contributed by atoms with Crippen LogP contribution in [-0.4, -0.2) is 50.9 Å². The van der Waals surface area contributed by atoms with Gasteiger partial charge in [-0.2, -0.15) is 13.2 Å². The lowest BCUT2D eigenvalue weighted by molar-refractivity contribution is -0.188. The highest BCUT2D eigenvalue weighted by Gasteiger charge is 2.45. The number of piperidine rings is 1. The van der Waals surface area contributed by atoms with E-state index >= 15 is 0 Å². The van der Waals surface area contributed by atoms with E-state index in [0.717, 1.165) is 12.8 Å². The van der Waals surface area contributed by atoms with Gasteiger partial charge in [0.2, 0.25) is 10.0 Å². The van der Waals surface area contributed by atoms with Crippen LogP contribution in [0.15, 0.2) is 0 Å². The van der Waals surface area contributed by atoms with Gasteiger partial charge < -0.3 is 0 Å². The van der Waals surface area contributed by atoms with E-state index in [2.05, 4.69) is 4.72 Å². The van der Waals surface area contributed by atoms with Crippen LogP contribution >= 0.6 is 0 Å². The number of hydrogen-bond acceptors (Lipinski definition) is 3. The minimum atomic E-state index is -4.24. The molecule has 1 saturated carbocycles. The van der Waals surface area contributed by atoms with Crippen molar-refractivity contribution in [2.24, 2.45) is 5.92 Å². The summed E-state index contributed by atoms with van der Waals surface area (Å²) in [6, 6.07) is -1.87. The number of nitrogens with one attached hydrogen (secondary N) is 1. The van der Waals surface area contributed by atoms with Crippen molar-refractivity contribution >= 4 is 10.0 Å². The van der Waals surface area contributed by atoms with Crippen molar-refractivity contribution in [3.05, 3.63) is 0 Å². The fourth-order valence-electron chi connectivity index (χ4n) is 2.55. The Bertz CT molecular complexity index is 420. The number of nitrogens with zero attached hydrogens (tertiary/aromatic N) is 1. The Balaban J connectivity index is 1.87. The molecule has 2 rings (SSSR count). The van der Waals surface area contributed by atoms with Gasteiger partial charge in [-0.15, -0.1) is 0 Å². The topological polar surface area (TPSA) is 49.4 Å². The van der Waals surface area contributed by atoms with Crippen molar-refractivity contribution in [2.45, 2.75) is 43.9 Å². The number of likely N-dealkylation sites (N-methyl/N-ethyl adjacent to an activating group) is 1. The Hall–Kier alpha value is -0.340. The molecule has 0 bridgehead atoms. The standard InChI is InChI=1S/C11H19F3N2O2S/c1-16-6-9(4-5-10(16)11(12,13)14)15-19(17,18)7-8-2-3-8/h8-10,15H,2-7H2,1H3/t9-,10+/m0/s1. The van der Waals surface area contributed by atoms with Crippen molar-refractivity contribution in [1.82, 2.24) is 9.62 Å². The van der Waals surface area contributed by atoms with Gasteiger partial charge in [-0.3, -0.25) is 4.90 Å². The minimum Gasteiger partial charge on any atom is -0.294 e. The normalized spacial score (nSPS) is 30.5. The number of halogens is 3. The second kappa shape index (κ2) is 5.21. The molecule has 8 heteroatoms. The van der Waals surface area contributed by atoms with E-state index in [4.69, 9.17) is 0 Å². The summed E-state index contributed by atoms with van der Waals surface area (Å²) in [5, 5.41) is 0. The highest BCUT2D eigenvalue weighted by atomic mass is 32.2.